The third-order valence-electron chi connectivity index (χ3n) is 1.85. The van der Waals surface area contributed by atoms with Crippen molar-refractivity contribution in [1.29, 1.82) is 0 Å². The van der Waals surface area contributed by atoms with Gasteiger partial charge in [0.15, 0.2) is 0 Å². The number of H-pyrrole nitrogens is 1. The van der Waals surface area contributed by atoms with E-state index in [9.17, 15) is 13.2 Å². The fraction of sp³-hybridized carbons (Fsp3) is 0.667. The van der Waals surface area contributed by atoms with Crippen LogP contribution < -0.4 is 4.74 Å². The third-order valence-corrected chi connectivity index (χ3v) is 2.43. The number of nitrogens with one attached hydrogen (secondary N) is 1. The van der Waals surface area contributed by atoms with E-state index >= 15 is 0 Å². The van der Waals surface area contributed by atoms with Gasteiger partial charge in [-0.15, -0.1) is 0 Å². The van der Waals surface area contributed by atoms with E-state index in [0.29, 0.717) is 0 Å². The van der Waals surface area contributed by atoms with E-state index in [2.05, 4.69) is 16.9 Å². The molecule has 0 saturated heterocycles. The fourth-order valence-corrected chi connectivity index (χ4v) is 1.11. The molecule has 0 radical (unpaired) electrons. The van der Waals surface area contributed by atoms with Crippen LogP contribution in [0.2, 0.25) is 0 Å². The Balaban J connectivity index is 0.000000362. The van der Waals surface area contributed by atoms with Gasteiger partial charge in [0.2, 0.25) is 5.88 Å². The standard InChI is InChI=1S/C8H14N2O.CHF3O3S/c1-4-5-7-8(11-3)10-6(2)9-7;2-1(3,4)8(5,6)7/h4-5H2,1-3H3,(H,9,10);(H,5,6,7). The van der Waals surface area contributed by atoms with Gasteiger partial charge in [0.25, 0.3) is 0 Å². The minimum Gasteiger partial charge on any atom is -0.480 e. The summed E-state index contributed by atoms with van der Waals surface area (Å²) in [7, 11) is -4.19. The summed E-state index contributed by atoms with van der Waals surface area (Å²) in [5, 5.41) is 0. The van der Waals surface area contributed by atoms with E-state index in [-0.39, 0.29) is 0 Å². The quantitative estimate of drug-likeness (QED) is 0.659. The molecular weight excluding hydrogens is 289 g/mol. The molecule has 19 heavy (non-hydrogen) atoms. The SMILES string of the molecule is CCCc1[nH]c(C)nc1OC.O=S(=O)(O)C(F)(F)F. The Labute approximate surface area is 108 Å². The number of methoxy groups -OCH3 is 1. The Morgan fingerprint density at radius 2 is 1.89 bits per heavy atom. The molecule has 0 fully saturated rings. The first-order valence-corrected chi connectivity index (χ1v) is 6.60. The number of alkyl halides is 3. The molecule has 1 rings (SSSR count). The van der Waals surface area contributed by atoms with Crippen molar-refractivity contribution < 1.29 is 30.9 Å². The zero-order valence-corrected chi connectivity index (χ0v) is 11.4. The number of hydrogen-bond donors (Lipinski definition) is 2. The van der Waals surface area contributed by atoms with E-state index < -0.39 is 15.6 Å². The fourth-order valence-electron chi connectivity index (χ4n) is 1.11. The molecule has 1 aromatic heterocycles. The first-order chi connectivity index (χ1) is 8.52. The zero-order chi connectivity index (χ0) is 15.3. The third kappa shape index (κ3) is 5.92. The lowest BCUT2D eigenvalue weighted by molar-refractivity contribution is -0.0510. The number of rotatable bonds is 3. The maximum atomic E-state index is 10.7. The molecule has 0 aliphatic rings. The second-order valence-electron chi connectivity index (χ2n) is 3.48. The topological polar surface area (TPSA) is 92.3 Å². The predicted octanol–water partition coefficient (Wildman–Crippen LogP) is 2.07. The first kappa shape index (κ1) is 17.7. The molecule has 112 valence electrons. The highest BCUT2D eigenvalue weighted by atomic mass is 32.2. The summed E-state index contributed by atoms with van der Waals surface area (Å²) in [5.41, 5.74) is -4.43. The highest BCUT2D eigenvalue weighted by molar-refractivity contribution is 7.86. The average Bonchev–Trinajstić information content (AvgIpc) is 2.57. The van der Waals surface area contributed by atoms with Gasteiger partial charge >= 0.3 is 15.6 Å². The number of aryl methyl sites for hydroxylation is 2. The van der Waals surface area contributed by atoms with Crippen molar-refractivity contribution in [2.45, 2.75) is 32.2 Å². The van der Waals surface area contributed by atoms with E-state index in [1.807, 2.05) is 6.92 Å². The predicted molar refractivity (Wildman–Crippen MR) is 61.5 cm³/mol. The number of ether oxygens (including phenoxy) is 1. The highest BCUT2D eigenvalue weighted by Crippen LogP contribution is 2.20. The summed E-state index contributed by atoms with van der Waals surface area (Å²) in [6.45, 7) is 4.07. The number of imidazole rings is 1. The molecule has 2 N–H and O–H groups in total. The van der Waals surface area contributed by atoms with Crippen molar-refractivity contribution in [3.05, 3.63) is 11.5 Å². The van der Waals surface area contributed by atoms with Crippen LogP contribution in [0.1, 0.15) is 24.9 Å². The van der Waals surface area contributed by atoms with Crippen molar-refractivity contribution in [3.8, 4) is 5.88 Å². The Morgan fingerprint density at radius 1 is 1.42 bits per heavy atom. The van der Waals surface area contributed by atoms with Crippen molar-refractivity contribution in [3.63, 3.8) is 0 Å². The van der Waals surface area contributed by atoms with Gasteiger partial charge in [0.05, 0.1) is 12.8 Å². The van der Waals surface area contributed by atoms with Gasteiger partial charge in [-0.3, -0.25) is 4.55 Å². The van der Waals surface area contributed by atoms with Crippen LogP contribution in [-0.4, -0.2) is 35.6 Å². The Bertz CT molecular complexity index is 496. The van der Waals surface area contributed by atoms with E-state index in [0.717, 1.165) is 30.2 Å². The smallest absolute Gasteiger partial charge is 0.480 e. The van der Waals surface area contributed by atoms with Crippen molar-refractivity contribution in [2.75, 3.05) is 7.11 Å². The van der Waals surface area contributed by atoms with Gasteiger partial charge in [-0.25, -0.2) is 0 Å². The average molecular weight is 304 g/mol. The number of halogens is 3. The molecule has 0 spiro atoms. The van der Waals surface area contributed by atoms with Crippen LogP contribution in [0.15, 0.2) is 0 Å². The molecule has 0 aliphatic carbocycles. The Morgan fingerprint density at radius 3 is 2.21 bits per heavy atom. The van der Waals surface area contributed by atoms with E-state index in [1.165, 1.54) is 0 Å². The lowest BCUT2D eigenvalue weighted by Crippen LogP contribution is -2.21. The van der Waals surface area contributed by atoms with Crippen LogP contribution in [0.3, 0.4) is 0 Å². The zero-order valence-electron chi connectivity index (χ0n) is 10.6. The second-order valence-corrected chi connectivity index (χ2v) is 4.89. The van der Waals surface area contributed by atoms with Crippen LogP contribution in [0.25, 0.3) is 0 Å². The van der Waals surface area contributed by atoms with Gasteiger partial charge in [0, 0.05) is 0 Å². The summed E-state index contributed by atoms with van der Waals surface area (Å²) in [5.74, 6) is 1.66. The molecule has 1 aromatic rings. The molecule has 0 aromatic carbocycles. The summed E-state index contributed by atoms with van der Waals surface area (Å²) in [6.07, 6.45) is 2.11. The lowest BCUT2D eigenvalue weighted by Gasteiger charge is -1.97. The highest BCUT2D eigenvalue weighted by Gasteiger charge is 2.44. The van der Waals surface area contributed by atoms with Gasteiger partial charge in [-0.05, 0) is 13.3 Å². The molecule has 0 aliphatic heterocycles. The van der Waals surface area contributed by atoms with Gasteiger partial charge < -0.3 is 9.72 Å². The lowest BCUT2D eigenvalue weighted by atomic mass is 10.3. The molecular formula is C9H15F3N2O4S. The van der Waals surface area contributed by atoms with Gasteiger partial charge in [-0.2, -0.15) is 26.6 Å². The number of aromatic amines is 1. The maximum Gasteiger partial charge on any atom is 0.522 e. The van der Waals surface area contributed by atoms with Crippen LogP contribution in [0.5, 0.6) is 5.88 Å². The number of nitrogens with zero attached hydrogens (tertiary/aromatic N) is 1. The molecule has 1 heterocycles. The monoisotopic (exact) mass is 304 g/mol. The van der Waals surface area contributed by atoms with Crippen LogP contribution in [-0.2, 0) is 16.5 Å². The largest absolute Gasteiger partial charge is 0.522 e. The van der Waals surface area contributed by atoms with Crippen molar-refractivity contribution in [2.24, 2.45) is 0 Å². The Hall–Kier alpha value is -1.29. The van der Waals surface area contributed by atoms with E-state index in [4.69, 9.17) is 17.7 Å². The van der Waals surface area contributed by atoms with Crippen molar-refractivity contribution >= 4 is 10.1 Å². The van der Waals surface area contributed by atoms with E-state index in [1.54, 1.807) is 7.11 Å². The summed E-state index contributed by atoms with van der Waals surface area (Å²) in [6, 6.07) is 0. The first-order valence-electron chi connectivity index (χ1n) is 5.16. The summed E-state index contributed by atoms with van der Waals surface area (Å²) in [4.78, 5) is 7.33. The van der Waals surface area contributed by atoms with Crippen LogP contribution >= 0.6 is 0 Å². The molecule has 0 amide bonds. The number of aromatic nitrogens is 2. The van der Waals surface area contributed by atoms with Gasteiger partial charge in [-0.1, -0.05) is 13.3 Å². The minimum absolute atomic E-state index is 0.740. The molecule has 6 nitrogen and oxygen atoms in total. The molecule has 10 heteroatoms. The minimum atomic E-state index is -5.84. The number of hydrogen-bond acceptors (Lipinski definition) is 4. The summed E-state index contributed by atoms with van der Waals surface area (Å²) >= 11 is 0. The van der Waals surface area contributed by atoms with Crippen LogP contribution in [0, 0.1) is 6.92 Å². The second kappa shape index (κ2) is 6.75. The maximum absolute atomic E-state index is 10.7. The molecule has 0 atom stereocenters. The molecule has 0 saturated carbocycles. The van der Waals surface area contributed by atoms with Crippen molar-refractivity contribution in [1.82, 2.24) is 9.97 Å². The Kier molecular flexibility index (Phi) is 6.30. The summed E-state index contributed by atoms with van der Waals surface area (Å²) < 4.78 is 62.6. The molecule has 0 bridgehead atoms. The van der Waals surface area contributed by atoms with Crippen LogP contribution in [0.4, 0.5) is 13.2 Å². The van der Waals surface area contributed by atoms with Gasteiger partial charge in [0.1, 0.15) is 5.82 Å². The molecule has 0 unspecified atom stereocenters. The normalized spacial score (nSPS) is 11.7.